The summed E-state index contributed by atoms with van der Waals surface area (Å²) in [7, 11) is 2.09. The maximum absolute atomic E-state index is 5.04. The van der Waals surface area contributed by atoms with Gasteiger partial charge in [-0.1, -0.05) is 204 Å². The van der Waals surface area contributed by atoms with Crippen molar-refractivity contribution in [1.82, 2.24) is 9.55 Å². The molecule has 11 aromatic rings. The van der Waals surface area contributed by atoms with Crippen LogP contribution in [-0.2, 0) is 7.05 Å². The second kappa shape index (κ2) is 16.5. The summed E-state index contributed by atoms with van der Waals surface area (Å²) in [4.78, 5) is 5.04. The molecule has 0 radical (unpaired) electrons. The maximum atomic E-state index is 5.04. The summed E-state index contributed by atoms with van der Waals surface area (Å²) in [6, 6.07) is 73.1. The molecule has 0 unspecified atom stereocenters. The van der Waals surface area contributed by atoms with E-state index >= 15 is 0 Å². The summed E-state index contributed by atoms with van der Waals surface area (Å²) < 4.78 is 2.18. The number of rotatable bonds is 5. The van der Waals surface area contributed by atoms with Gasteiger partial charge in [0, 0.05) is 12.6 Å². The van der Waals surface area contributed by atoms with Gasteiger partial charge >= 0.3 is 0 Å². The van der Waals surface area contributed by atoms with Crippen LogP contribution in [0, 0.1) is 0 Å². The monoisotopic (exact) mass is 772 g/mol. The zero-order chi connectivity index (χ0) is 41.2. The van der Waals surface area contributed by atoms with Gasteiger partial charge < -0.3 is 4.57 Å². The quantitative estimate of drug-likeness (QED) is 0.159. The van der Waals surface area contributed by atoms with Gasteiger partial charge in [-0.2, -0.15) is 0 Å². The topological polar surface area (TPSA) is 17.8 Å². The Labute approximate surface area is 353 Å². The Morgan fingerprint density at radius 2 is 0.867 bits per heavy atom. The summed E-state index contributed by atoms with van der Waals surface area (Å²) >= 11 is 0. The highest BCUT2D eigenvalue weighted by atomic mass is 15.1. The molecule has 0 fully saturated rings. The molecule has 60 heavy (non-hydrogen) atoms. The van der Waals surface area contributed by atoms with Gasteiger partial charge in [-0.15, -0.1) is 0 Å². The molecule has 2 nitrogen and oxygen atoms in total. The Bertz CT molecular complexity index is 3290. The molecule has 1 aromatic heterocycles. The fourth-order valence-electron chi connectivity index (χ4n) is 8.83. The van der Waals surface area contributed by atoms with E-state index in [9.17, 15) is 0 Å². The molecular formula is C58H48N2. The fraction of sp³-hybridized carbons (Fsp3) is 0.0862. The molecule has 0 atom stereocenters. The Morgan fingerprint density at radius 1 is 0.333 bits per heavy atom. The van der Waals surface area contributed by atoms with Gasteiger partial charge in [0.25, 0.3) is 0 Å². The molecule has 2 heteroatoms. The van der Waals surface area contributed by atoms with Crippen LogP contribution in [0.3, 0.4) is 0 Å². The molecule has 0 aliphatic heterocycles. The van der Waals surface area contributed by atoms with E-state index < -0.39 is 0 Å². The molecule has 0 amide bonds. The van der Waals surface area contributed by atoms with Crippen molar-refractivity contribution < 1.29 is 0 Å². The molecule has 0 aliphatic carbocycles. The van der Waals surface area contributed by atoms with Gasteiger partial charge in [-0.25, -0.2) is 4.98 Å². The zero-order valence-corrected chi connectivity index (χ0v) is 34.9. The lowest BCUT2D eigenvalue weighted by molar-refractivity contribution is 0.959. The number of aromatic nitrogens is 2. The summed E-state index contributed by atoms with van der Waals surface area (Å²) in [5.41, 5.74) is 13.0. The van der Waals surface area contributed by atoms with Crippen LogP contribution in [0.5, 0.6) is 0 Å². The van der Waals surface area contributed by atoms with Crippen molar-refractivity contribution >= 4 is 54.1 Å². The van der Waals surface area contributed by atoms with Crippen molar-refractivity contribution in [1.29, 1.82) is 0 Å². The summed E-state index contributed by atoms with van der Waals surface area (Å²) in [6.07, 6.45) is 0. The predicted molar refractivity (Wildman–Crippen MR) is 261 cm³/mol. The van der Waals surface area contributed by atoms with E-state index in [-0.39, 0.29) is 0 Å². The van der Waals surface area contributed by atoms with Crippen LogP contribution in [0.25, 0.3) is 110 Å². The van der Waals surface area contributed by atoms with Crippen molar-refractivity contribution in [3.8, 4) is 55.9 Å². The third-order valence-electron chi connectivity index (χ3n) is 11.6. The van der Waals surface area contributed by atoms with Crippen LogP contribution >= 0.6 is 0 Å². The molecule has 0 N–H and O–H groups in total. The van der Waals surface area contributed by atoms with Crippen molar-refractivity contribution in [2.75, 3.05) is 0 Å². The average Bonchev–Trinajstić information content (AvgIpc) is 3.67. The molecule has 10 aromatic carbocycles. The van der Waals surface area contributed by atoms with Crippen molar-refractivity contribution in [3.05, 3.63) is 200 Å². The van der Waals surface area contributed by atoms with E-state index in [1.165, 1.54) is 82.0 Å². The van der Waals surface area contributed by atoms with E-state index in [2.05, 4.69) is 206 Å². The molecule has 0 spiro atoms. The van der Waals surface area contributed by atoms with E-state index in [0.717, 1.165) is 28.0 Å². The average molecular weight is 773 g/mol. The summed E-state index contributed by atoms with van der Waals surface area (Å²) in [6.45, 7) is 8.00. The minimum absolute atomic E-state index is 0.976. The number of imidazole rings is 1. The van der Waals surface area contributed by atoms with Gasteiger partial charge in [0.05, 0.1) is 11.0 Å². The molecule has 0 saturated carbocycles. The number of hydrogen-bond donors (Lipinski definition) is 0. The first-order valence-corrected chi connectivity index (χ1v) is 21.3. The van der Waals surface area contributed by atoms with E-state index in [0.29, 0.717) is 0 Å². The van der Waals surface area contributed by atoms with Crippen LogP contribution in [0.1, 0.15) is 27.7 Å². The number of nitrogens with zero attached hydrogens (tertiary/aromatic N) is 2. The van der Waals surface area contributed by atoms with Crippen molar-refractivity contribution in [3.63, 3.8) is 0 Å². The Morgan fingerprint density at radius 3 is 1.60 bits per heavy atom. The predicted octanol–water partition coefficient (Wildman–Crippen LogP) is 16.6. The van der Waals surface area contributed by atoms with Gasteiger partial charge in [0.2, 0.25) is 0 Å². The molecule has 0 saturated heterocycles. The zero-order valence-electron chi connectivity index (χ0n) is 34.9. The van der Waals surface area contributed by atoms with Crippen molar-refractivity contribution in [2.24, 2.45) is 7.05 Å². The minimum Gasteiger partial charge on any atom is -0.327 e. The lowest BCUT2D eigenvalue weighted by Gasteiger charge is -2.20. The Balaban J connectivity index is 0.00000112. The number of aryl methyl sites for hydroxylation is 1. The van der Waals surface area contributed by atoms with Crippen LogP contribution in [0.4, 0.5) is 0 Å². The molecular weight excluding hydrogens is 725 g/mol. The first-order valence-electron chi connectivity index (χ1n) is 21.3. The summed E-state index contributed by atoms with van der Waals surface area (Å²) in [5, 5.41) is 10.0. The van der Waals surface area contributed by atoms with Gasteiger partial charge in [-0.3, -0.25) is 0 Å². The lowest BCUT2D eigenvalue weighted by atomic mass is 9.83. The first-order chi connectivity index (χ1) is 29.7. The first kappa shape index (κ1) is 38.2. The normalized spacial score (nSPS) is 11.1. The third-order valence-corrected chi connectivity index (χ3v) is 11.6. The van der Waals surface area contributed by atoms with Crippen LogP contribution in [0.2, 0.25) is 0 Å². The van der Waals surface area contributed by atoms with Crippen LogP contribution in [-0.4, -0.2) is 9.55 Å². The second-order valence-corrected chi connectivity index (χ2v) is 14.8. The van der Waals surface area contributed by atoms with E-state index in [4.69, 9.17) is 4.98 Å². The Hall–Kier alpha value is -7.29. The minimum atomic E-state index is 0.976. The SMILES string of the molecule is CC.CC.Cn1c(-c2ccccc2)nc2cc(-c3ccc(-c4ccc5c(-c6cccc7ccccc67)c6ccccc6c(-c6ccc7ccccc7c6)c5c4)cc3)ccc21. The number of fused-ring (bicyclic) bond motifs is 5. The van der Waals surface area contributed by atoms with E-state index in [1.54, 1.807) is 0 Å². The van der Waals surface area contributed by atoms with Gasteiger partial charge in [-0.05, 0) is 112 Å². The van der Waals surface area contributed by atoms with Crippen LogP contribution in [0.15, 0.2) is 200 Å². The van der Waals surface area contributed by atoms with Crippen LogP contribution < -0.4 is 0 Å². The third kappa shape index (κ3) is 6.70. The number of hydrogen-bond acceptors (Lipinski definition) is 1. The van der Waals surface area contributed by atoms with E-state index in [1.807, 2.05) is 33.8 Å². The van der Waals surface area contributed by atoms with Crippen molar-refractivity contribution in [2.45, 2.75) is 27.7 Å². The molecule has 290 valence electrons. The second-order valence-electron chi connectivity index (χ2n) is 14.8. The highest BCUT2D eigenvalue weighted by Crippen LogP contribution is 2.46. The van der Waals surface area contributed by atoms with Gasteiger partial charge in [0.15, 0.2) is 0 Å². The molecule has 0 bridgehead atoms. The van der Waals surface area contributed by atoms with Gasteiger partial charge in [0.1, 0.15) is 5.82 Å². The maximum Gasteiger partial charge on any atom is 0.140 e. The number of benzene rings is 10. The lowest BCUT2D eigenvalue weighted by Crippen LogP contribution is -1.92. The highest BCUT2D eigenvalue weighted by Gasteiger charge is 2.19. The smallest absolute Gasteiger partial charge is 0.140 e. The highest BCUT2D eigenvalue weighted by molar-refractivity contribution is 6.24. The molecule has 0 aliphatic rings. The Kier molecular flexibility index (Phi) is 10.5. The molecule has 11 rings (SSSR count). The standard InChI is InChI=1S/C54H36N2.2C2H6/c1-56-51-31-29-42(34-50(51)55-54(56)39-14-3-2-4-15-39)37-24-22-36(23-25-37)41-28-30-48-49(33-41)52(43-27-26-35-12-5-6-16-40(35)32-43)46-19-9-10-20-47(46)53(48)45-21-11-17-38-13-7-8-18-44(38)45;2*1-2/h2-34H,1H3;2*1-2H3. The fourth-order valence-corrected chi connectivity index (χ4v) is 8.83. The largest absolute Gasteiger partial charge is 0.327 e. The molecule has 1 heterocycles. The summed E-state index contributed by atoms with van der Waals surface area (Å²) in [5.74, 6) is 0.976.